The molecule has 0 radical (unpaired) electrons. The van der Waals surface area contributed by atoms with Gasteiger partial charge in [0.1, 0.15) is 0 Å². The molecular weight excluding hydrogens is 555 g/mol. The number of carbonyl (C=O) groups is 2. The molecule has 0 bridgehead atoms. The molecule has 3 rings (SSSR count). The summed E-state index contributed by atoms with van der Waals surface area (Å²) in [6.07, 6.45) is -3.57. The number of carbonyl (C=O) groups excluding carboxylic acids is 2. The summed E-state index contributed by atoms with van der Waals surface area (Å²) in [4.78, 5) is 30.1. The minimum absolute atomic E-state index is 0.129. The molecule has 0 saturated carbocycles. The molecular formula is C20H18ClF4IN2O3. The van der Waals surface area contributed by atoms with Crippen molar-refractivity contribution < 1.29 is 31.9 Å². The van der Waals surface area contributed by atoms with Crippen LogP contribution in [0.3, 0.4) is 0 Å². The Balaban J connectivity index is 2.34. The zero-order valence-corrected chi connectivity index (χ0v) is 19.8. The van der Waals surface area contributed by atoms with Gasteiger partial charge < -0.3 is 0 Å². The molecule has 1 aliphatic rings. The predicted octanol–water partition coefficient (Wildman–Crippen LogP) is 6.17. The van der Waals surface area contributed by atoms with Crippen LogP contribution in [0, 0.1) is 11.2 Å². The van der Waals surface area contributed by atoms with E-state index in [-0.39, 0.29) is 16.3 Å². The van der Waals surface area contributed by atoms with Crippen molar-refractivity contribution in [2.24, 2.45) is 5.41 Å². The number of amides is 1. The average Bonchev–Trinajstić information content (AvgIpc) is 3.36. The van der Waals surface area contributed by atoms with E-state index >= 15 is 0 Å². The quantitative estimate of drug-likeness (QED) is 0.0840. The summed E-state index contributed by atoms with van der Waals surface area (Å²) < 4.78 is 58.4. The Morgan fingerprint density at radius 2 is 1.81 bits per heavy atom. The van der Waals surface area contributed by atoms with Gasteiger partial charge in [-0.2, -0.15) is 0 Å². The zero-order valence-electron chi connectivity index (χ0n) is 16.9. The summed E-state index contributed by atoms with van der Waals surface area (Å²) in [5, 5.41) is 0.252. The molecule has 1 aliphatic heterocycles. The number of hydrogen-bond acceptors (Lipinski definition) is 4. The van der Waals surface area contributed by atoms with E-state index in [0.29, 0.717) is 6.07 Å². The van der Waals surface area contributed by atoms with Crippen LogP contribution in [0.1, 0.15) is 37.6 Å². The normalized spacial score (nSPS) is 19.9. The number of pyridine rings is 1. The third kappa shape index (κ3) is 4.11. The third-order valence-corrected chi connectivity index (χ3v) is 10.8. The first-order chi connectivity index (χ1) is 14.2. The second-order valence-electron chi connectivity index (χ2n) is 7.75. The number of hydrogen-bond donors (Lipinski definition) is 0. The summed E-state index contributed by atoms with van der Waals surface area (Å²) in [5.41, 5.74) is -2.24. The average molecular weight is 573 g/mol. The molecule has 11 heteroatoms. The fourth-order valence-corrected chi connectivity index (χ4v) is 9.89. The van der Waals surface area contributed by atoms with Crippen LogP contribution in [0.5, 0.6) is 0 Å². The van der Waals surface area contributed by atoms with Gasteiger partial charge in [-0.1, -0.05) is 0 Å². The van der Waals surface area contributed by atoms with Crippen LogP contribution < -0.4 is 0 Å². The molecule has 1 atom stereocenters. The molecule has 2 heterocycles. The van der Waals surface area contributed by atoms with Crippen molar-refractivity contribution in [2.75, 3.05) is 7.11 Å². The summed E-state index contributed by atoms with van der Waals surface area (Å²) >= 11 is 2.56. The number of rotatable bonds is 3. The van der Waals surface area contributed by atoms with Gasteiger partial charge >= 0.3 is 189 Å². The van der Waals surface area contributed by atoms with Gasteiger partial charge in [0, 0.05) is 0 Å². The second kappa shape index (κ2) is 7.88. The number of methoxy groups -OCH3 is 1. The fraction of sp³-hybridized carbons (Fsp3) is 0.350. The first kappa shape index (κ1) is 23.7. The van der Waals surface area contributed by atoms with Gasteiger partial charge in [0.25, 0.3) is 0 Å². The van der Waals surface area contributed by atoms with Crippen LogP contribution in [0.2, 0.25) is 5.02 Å². The number of benzene rings is 1. The number of alkyl halides is 4. The molecule has 5 nitrogen and oxygen atoms in total. The molecule has 1 unspecified atom stereocenters. The zero-order chi connectivity index (χ0) is 23.4. The Bertz CT molecular complexity index is 1040. The van der Waals surface area contributed by atoms with Crippen molar-refractivity contribution >= 4 is 41.6 Å². The van der Waals surface area contributed by atoms with Crippen molar-refractivity contribution in [3.8, 4) is 0 Å². The van der Waals surface area contributed by atoms with Crippen molar-refractivity contribution in [3.05, 3.63) is 64.2 Å². The number of nitrogens with zero attached hydrogens (tertiary/aromatic N) is 2. The Labute approximate surface area is 188 Å². The summed E-state index contributed by atoms with van der Waals surface area (Å²) in [6.45, 7) is 4.85. The molecule has 1 aromatic heterocycles. The van der Waals surface area contributed by atoms with Gasteiger partial charge in [-0.15, -0.1) is 0 Å². The monoisotopic (exact) mass is 572 g/mol. The first-order valence-corrected chi connectivity index (χ1v) is 12.4. The summed E-state index contributed by atoms with van der Waals surface area (Å²) in [5.74, 6) is -1.62. The molecule has 168 valence electrons. The molecule has 1 saturated heterocycles. The van der Waals surface area contributed by atoms with E-state index in [4.69, 9.17) is 16.3 Å². The third-order valence-electron chi connectivity index (χ3n) is 4.47. The number of aromatic nitrogens is 1. The predicted molar refractivity (Wildman–Crippen MR) is 114 cm³/mol. The van der Waals surface area contributed by atoms with E-state index in [9.17, 15) is 27.2 Å². The van der Waals surface area contributed by atoms with Gasteiger partial charge in [-0.3, -0.25) is 0 Å². The Morgan fingerprint density at radius 1 is 1.16 bits per heavy atom. The molecule has 0 N–H and O–H groups in total. The van der Waals surface area contributed by atoms with Crippen molar-refractivity contribution in [3.63, 3.8) is 0 Å². The summed E-state index contributed by atoms with van der Waals surface area (Å²) in [7, 11) is 1.13. The van der Waals surface area contributed by atoms with Crippen LogP contribution >= 0.6 is 31.7 Å². The van der Waals surface area contributed by atoms with E-state index in [2.05, 4.69) is 4.98 Å². The maximum atomic E-state index is 14.3. The maximum absolute atomic E-state index is 14.3. The Kier molecular flexibility index (Phi) is 6.02. The van der Waals surface area contributed by atoms with Crippen LogP contribution in [0.25, 0.3) is 0 Å². The Hall–Kier alpha value is -1.95. The molecule has 1 amide bonds. The van der Waals surface area contributed by atoms with E-state index < -0.39 is 56.5 Å². The van der Waals surface area contributed by atoms with Gasteiger partial charge in [0.15, 0.2) is 0 Å². The van der Waals surface area contributed by atoms with E-state index in [1.54, 1.807) is 20.8 Å². The van der Waals surface area contributed by atoms with Crippen LogP contribution in [-0.4, -0.2) is 25.1 Å². The van der Waals surface area contributed by atoms with Crippen molar-refractivity contribution in [1.29, 1.82) is 0 Å². The van der Waals surface area contributed by atoms with Crippen molar-refractivity contribution in [1.82, 2.24) is 8.10 Å². The van der Waals surface area contributed by atoms with Gasteiger partial charge in [0.2, 0.25) is 0 Å². The van der Waals surface area contributed by atoms with Gasteiger partial charge in [-0.25, -0.2) is 0 Å². The molecule has 31 heavy (non-hydrogen) atoms. The number of ether oxygens (including phenoxy) is 1. The molecule has 0 aliphatic carbocycles. The van der Waals surface area contributed by atoms with Crippen molar-refractivity contribution in [2.45, 2.75) is 30.5 Å². The summed E-state index contributed by atoms with van der Waals surface area (Å²) in [6, 6.07) is 4.88. The van der Waals surface area contributed by atoms with Gasteiger partial charge in [-0.05, 0) is 0 Å². The van der Waals surface area contributed by atoms with Crippen LogP contribution in [-0.2, 0) is 19.3 Å². The van der Waals surface area contributed by atoms with E-state index in [1.165, 1.54) is 21.4 Å². The fourth-order valence-electron chi connectivity index (χ4n) is 3.02. The molecule has 1 fully saturated rings. The molecule has 1 aromatic carbocycles. The van der Waals surface area contributed by atoms with Crippen LogP contribution in [0.4, 0.5) is 22.4 Å². The SMILES string of the molecule is COC(=O)I1N(C(=O)C(C)(C)C)C1(c1cc(F)cc(C(F)(F)F)c1)c1ccc(Cl)cn1. The Morgan fingerprint density at radius 3 is 2.29 bits per heavy atom. The standard InChI is InChI=1S/C20H18ClF4IN2O3/c1-18(2,3)16(29)28-19(26(28)17(30)31-4,15-6-5-13(21)10-27-15)11-7-12(20(23,24)25)9-14(22)8-11/h5-10H,1-4H3. The second-order valence-corrected chi connectivity index (χ2v) is 13.1. The minimum atomic E-state index is -4.83. The van der Waals surface area contributed by atoms with Gasteiger partial charge in [0.05, 0.1) is 0 Å². The van der Waals surface area contributed by atoms with E-state index in [1.807, 2.05) is 0 Å². The van der Waals surface area contributed by atoms with E-state index in [0.717, 1.165) is 19.2 Å². The molecule has 2 aromatic rings. The molecule has 0 spiro atoms. The first-order valence-electron chi connectivity index (χ1n) is 8.87. The van der Waals surface area contributed by atoms with Crippen LogP contribution in [0.15, 0.2) is 36.5 Å². The topological polar surface area (TPSA) is 59.3 Å². The number of halogens is 6.